The molecule has 0 unspecified atom stereocenters. The van der Waals surface area contributed by atoms with Crippen molar-refractivity contribution < 1.29 is 37.7 Å². The van der Waals surface area contributed by atoms with E-state index < -0.39 is 11.7 Å². The molecule has 0 amide bonds. The average molecular weight is 671 g/mol. The summed E-state index contributed by atoms with van der Waals surface area (Å²) in [6.07, 6.45) is -1.04. The Bertz CT molecular complexity index is 1790. The maximum atomic E-state index is 13.3. The normalized spacial score (nSPS) is 11.6. The molecule has 0 aliphatic heterocycles. The first-order valence-electron chi connectivity index (χ1n) is 11.2. The molecule has 0 N–H and O–H groups in total. The van der Waals surface area contributed by atoms with Gasteiger partial charge in [-0.25, -0.2) is 0 Å². The first-order valence-corrected chi connectivity index (χ1v) is 11.2. The minimum absolute atomic E-state index is 0. The van der Waals surface area contributed by atoms with Crippen LogP contribution < -0.4 is 0 Å². The Kier molecular flexibility index (Phi) is 6.44. The number of fused-ring (bicyclic) bond motifs is 3. The van der Waals surface area contributed by atoms with Gasteiger partial charge in [0.15, 0.2) is 0 Å². The Labute approximate surface area is 223 Å². The molecule has 0 aliphatic carbocycles. The molecule has 0 saturated carbocycles. The third-order valence-corrected chi connectivity index (χ3v) is 6.07. The Balaban J connectivity index is 0.000000183. The fourth-order valence-electron chi connectivity index (χ4n) is 4.50. The fraction of sp³-hybridized carbons (Fsp3) is 0.0667. The molecule has 4 aromatic carbocycles. The number of aromatic nitrogens is 2. The second kappa shape index (κ2) is 9.58. The van der Waals surface area contributed by atoms with Crippen LogP contribution in [0, 0.1) is 19.1 Å². The number of rotatable bonds is 1. The van der Waals surface area contributed by atoms with E-state index in [1.165, 1.54) is 6.07 Å². The maximum Gasteiger partial charge on any atom is 0.416 e. The molecule has 3 heterocycles. The summed E-state index contributed by atoms with van der Waals surface area (Å²) in [5, 5.41) is 3.38. The van der Waals surface area contributed by atoms with Crippen LogP contribution in [-0.2, 0) is 26.3 Å². The van der Waals surface area contributed by atoms with Crippen molar-refractivity contribution in [2.24, 2.45) is 0 Å². The third-order valence-electron chi connectivity index (χ3n) is 6.07. The van der Waals surface area contributed by atoms with E-state index in [4.69, 9.17) is 4.42 Å². The van der Waals surface area contributed by atoms with Gasteiger partial charge in [-0.2, -0.15) is 13.2 Å². The summed E-state index contributed by atoms with van der Waals surface area (Å²) >= 11 is 0. The largest absolute Gasteiger partial charge is 0.457 e. The molecule has 37 heavy (non-hydrogen) atoms. The van der Waals surface area contributed by atoms with Crippen molar-refractivity contribution in [3.8, 4) is 11.3 Å². The van der Waals surface area contributed by atoms with Gasteiger partial charge in [-0.05, 0) is 29.3 Å². The Hall–Kier alpha value is -3.80. The minimum atomic E-state index is -4.43. The number of nitrogens with zero attached hydrogens (tertiary/aromatic N) is 2. The molecule has 0 saturated heterocycles. The van der Waals surface area contributed by atoms with Crippen molar-refractivity contribution in [3.05, 3.63) is 108 Å². The van der Waals surface area contributed by atoms with E-state index in [9.17, 15) is 13.2 Å². The molecule has 7 rings (SSSR count). The van der Waals surface area contributed by atoms with Gasteiger partial charge in [0.2, 0.25) is 0 Å². The Morgan fingerprint density at radius 3 is 2.38 bits per heavy atom. The molecule has 7 heteroatoms. The van der Waals surface area contributed by atoms with Crippen LogP contribution in [0.2, 0.25) is 0 Å². The zero-order chi connectivity index (χ0) is 24.9. The third kappa shape index (κ3) is 4.45. The Morgan fingerprint density at radius 1 is 0.811 bits per heavy atom. The monoisotopic (exact) mass is 671 g/mol. The second-order valence-corrected chi connectivity index (χ2v) is 8.49. The summed E-state index contributed by atoms with van der Waals surface area (Å²) in [6.45, 7) is 1.89. The maximum absolute atomic E-state index is 13.3. The molecule has 3 nitrogen and oxygen atoms in total. The number of alkyl halides is 3. The molecular formula is C30H17F3IrN2O-2. The van der Waals surface area contributed by atoms with Gasteiger partial charge >= 0.3 is 6.18 Å². The van der Waals surface area contributed by atoms with Crippen LogP contribution in [0.4, 0.5) is 13.2 Å². The van der Waals surface area contributed by atoms with Gasteiger partial charge in [-0.1, -0.05) is 30.5 Å². The molecule has 0 spiro atoms. The predicted octanol–water partition coefficient (Wildman–Crippen LogP) is 8.40. The first-order chi connectivity index (χ1) is 17.4. The second-order valence-electron chi connectivity index (χ2n) is 8.49. The summed E-state index contributed by atoms with van der Waals surface area (Å²) in [5.74, 6) is 0. The molecule has 1 radical (unpaired) electrons. The zero-order valence-corrected chi connectivity index (χ0v) is 21.7. The molecular weight excluding hydrogens is 654 g/mol. The summed E-state index contributed by atoms with van der Waals surface area (Å²) in [7, 11) is 0. The fourth-order valence-corrected chi connectivity index (χ4v) is 4.50. The molecule has 7 aromatic rings. The predicted molar refractivity (Wildman–Crippen MR) is 135 cm³/mol. The van der Waals surface area contributed by atoms with Gasteiger partial charge in [0.05, 0.1) is 5.56 Å². The number of hydrogen-bond acceptors (Lipinski definition) is 3. The van der Waals surface area contributed by atoms with Gasteiger partial charge in [-0.3, -0.25) is 0 Å². The van der Waals surface area contributed by atoms with E-state index in [0.717, 1.165) is 28.3 Å². The summed E-state index contributed by atoms with van der Waals surface area (Å²) in [5.41, 5.74) is 3.70. The molecule has 185 valence electrons. The van der Waals surface area contributed by atoms with Crippen molar-refractivity contribution in [1.82, 2.24) is 9.97 Å². The van der Waals surface area contributed by atoms with Crippen molar-refractivity contribution in [2.75, 3.05) is 0 Å². The number of benzene rings is 4. The van der Waals surface area contributed by atoms with Crippen LogP contribution in [0.1, 0.15) is 11.1 Å². The van der Waals surface area contributed by atoms with E-state index in [2.05, 4.69) is 22.1 Å². The van der Waals surface area contributed by atoms with Crippen LogP contribution in [0.5, 0.6) is 0 Å². The standard InChI is InChI=1S/C19H9F3NO.C11H8N.Ir/c1-9-2-3-11-12(6-9)13-7-10(19(20,21)22)8-15-16(13)17-14(24-15)4-5-23-18(11)17;1-2-6-10(7-3-1)11-8-4-5-9-12-11;/h2,4-8H,1H3;1-6,8-9H;/q2*-1;. The number of pyridine rings is 2. The van der Waals surface area contributed by atoms with Crippen LogP contribution >= 0.6 is 0 Å². The SMILES string of the molecule is Cc1c[c-]c2c(c1)c1cc(C(F)(F)F)cc3oc4ccnc2c4c31.[Ir].[c-]1ccccc1-c1ccccn1. The Morgan fingerprint density at radius 2 is 1.65 bits per heavy atom. The van der Waals surface area contributed by atoms with Gasteiger partial charge in [0, 0.05) is 48.8 Å². The summed E-state index contributed by atoms with van der Waals surface area (Å²) in [6, 6.07) is 27.6. The van der Waals surface area contributed by atoms with E-state index in [-0.39, 0.29) is 25.7 Å². The van der Waals surface area contributed by atoms with Gasteiger partial charge < -0.3 is 14.4 Å². The van der Waals surface area contributed by atoms with E-state index in [1.54, 1.807) is 18.5 Å². The first kappa shape index (κ1) is 24.9. The number of halogens is 3. The van der Waals surface area contributed by atoms with Crippen LogP contribution in [0.25, 0.3) is 54.9 Å². The number of hydrogen-bond donors (Lipinski definition) is 0. The molecule has 0 aliphatic rings. The minimum Gasteiger partial charge on any atom is -0.457 e. The van der Waals surface area contributed by atoms with Crippen LogP contribution in [0.3, 0.4) is 0 Å². The summed E-state index contributed by atoms with van der Waals surface area (Å²) in [4.78, 5) is 8.64. The van der Waals surface area contributed by atoms with Crippen molar-refractivity contribution in [1.29, 1.82) is 0 Å². The zero-order valence-electron chi connectivity index (χ0n) is 19.4. The molecule has 3 aromatic heterocycles. The van der Waals surface area contributed by atoms with Crippen molar-refractivity contribution in [3.63, 3.8) is 0 Å². The number of aryl methyl sites for hydroxylation is 1. The van der Waals surface area contributed by atoms with E-state index >= 15 is 0 Å². The van der Waals surface area contributed by atoms with Crippen molar-refractivity contribution >= 4 is 43.6 Å². The molecule has 0 bridgehead atoms. The van der Waals surface area contributed by atoms with Gasteiger partial charge in [-0.15, -0.1) is 65.0 Å². The van der Waals surface area contributed by atoms with Crippen LogP contribution in [0.15, 0.2) is 89.6 Å². The quantitative estimate of drug-likeness (QED) is 0.130. The van der Waals surface area contributed by atoms with Crippen LogP contribution in [-0.4, -0.2) is 9.97 Å². The topological polar surface area (TPSA) is 38.9 Å². The number of furan rings is 1. The van der Waals surface area contributed by atoms with E-state index in [1.807, 2.05) is 61.5 Å². The van der Waals surface area contributed by atoms with Crippen molar-refractivity contribution in [2.45, 2.75) is 13.1 Å². The van der Waals surface area contributed by atoms with Gasteiger partial charge in [0.25, 0.3) is 0 Å². The van der Waals surface area contributed by atoms with Gasteiger partial charge in [0.1, 0.15) is 11.2 Å². The summed E-state index contributed by atoms with van der Waals surface area (Å²) < 4.78 is 45.6. The molecule has 0 atom stereocenters. The average Bonchev–Trinajstić information content (AvgIpc) is 3.28. The smallest absolute Gasteiger partial charge is 0.416 e. The van der Waals surface area contributed by atoms with E-state index in [0.29, 0.717) is 32.6 Å². The molecule has 0 fully saturated rings.